The van der Waals surface area contributed by atoms with Gasteiger partial charge < -0.3 is 10.2 Å². The number of rotatable bonds is 8. The van der Waals surface area contributed by atoms with Crippen LogP contribution < -0.4 is 0 Å². The SMILES string of the molecule is CCCCCCC[C@H](O)[C@H](O)c1ccccc1. The molecule has 0 aliphatic heterocycles. The molecule has 0 bridgehead atoms. The van der Waals surface area contributed by atoms with Crippen LogP contribution in [-0.2, 0) is 0 Å². The van der Waals surface area contributed by atoms with Crippen LogP contribution in [0.25, 0.3) is 0 Å². The van der Waals surface area contributed by atoms with Gasteiger partial charge in [-0.3, -0.25) is 0 Å². The van der Waals surface area contributed by atoms with E-state index in [0.29, 0.717) is 6.42 Å². The van der Waals surface area contributed by atoms with Gasteiger partial charge in [-0.25, -0.2) is 0 Å². The summed E-state index contributed by atoms with van der Waals surface area (Å²) >= 11 is 0. The average molecular weight is 236 g/mol. The highest BCUT2D eigenvalue weighted by atomic mass is 16.3. The predicted octanol–water partition coefficient (Wildman–Crippen LogP) is 3.44. The highest BCUT2D eigenvalue weighted by Gasteiger charge is 2.17. The number of hydrogen-bond donors (Lipinski definition) is 2. The van der Waals surface area contributed by atoms with E-state index in [2.05, 4.69) is 6.92 Å². The summed E-state index contributed by atoms with van der Waals surface area (Å²) in [6.07, 6.45) is 5.15. The number of hydrogen-bond acceptors (Lipinski definition) is 2. The molecule has 0 spiro atoms. The maximum Gasteiger partial charge on any atom is 0.105 e. The second-order valence-electron chi connectivity index (χ2n) is 4.63. The summed E-state index contributed by atoms with van der Waals surface area (Å²) in [7, 11) is 0. The first-order valence-electron chi connectivity index (χ1n) is 6.66. The van der Waals surface area contributed by atoms with Crippen molar-refractivity contribution in [2.45, 2.75) is 57.7 Å². The molecule has 0 amide bonds. The van der Waals surface area contributed by atoms with E-state index in [0.717, 1.165) is 18.4 Å². The minimum absolute atomic E-state index is 0.640. The molecule has 2 nitrogen and oxygen atoms in total. The summed E-state index contributed by atoms with van der Waals surface area (Å²) in [6.45, 7) is 2.19. The van der Waals surface area contributed by atoms with E-state index in [4.69, 9.17) is 0 Å². The maximum absolute atomic E-state index is 9.94. The van der Waals surface area contributed by atoms with Gasteiger partial charge in [0.2, 0.25) is 0 Å². The Morgan fingerprint density at radius 3 is 2.24 bits per heavy atom. The van der Waals surface area contributed by atoms with Crippen molar-refractivity contribution >= 4 is 0 Å². The molecule has 1 aromatic carbocycles. The number of benzene rings is 1. The standard InChI is InChI=1S/C15H24O2/c1-2-3-4-5-9-12-14(16)15(17)13-10-7-6-8-11-13/h6-8,10-11,14-17H,2-5,9,12H2,1H3/t14-,15+/m0/s1. The largest absolute Gasteiger partial charge is 0.390 e. The Labute approximate surface area is 104 Å². The van der Waals surface area contributed by atoms with Gasteiger partial charge in [0.1, 0.15) is 6.10 Å². The van der Waals surface area contributed by atoms with Crippen LogP contribution in [0, 0.1) is 0 Å². The van der Waals surface area contributed by atoms with Gasteiger partial charge in [-0.05, 0) is 12.0 Å². The van der Waals surface area contributed by atoms with Gasteiger partial charge in [-0.1, -0.05) is 69.4 Å². The summed E-state index contributed by atoms with van der Waals surface area (Å²) in [6, 6.07) is 9.38. The molecule has 0 radical (unpaired) electrons. The van der Waals surface area contributed by atoms with Crippen molar-refractivity contribution in [3.63, 3.8) is 0 Å². The predicted molar refractivity (Wildman–Crippen MR) is 70.8 cm³/mol. The van der Waals surface area contributed by atoms with Crippen LogP contribution >= 0.6 is 0 Å². The molecule has 2 N–H and O–H groups in total. The van der Waals surface area contributed by atoms with Crippen LogP contribution in [0.2, 0.25) is 0 Å². The lowest BCUT2D eigenvalue weighted by atomic mass is 9.99. The Morgan fingerprint density at radius 2 is 1.59 bits per heavy atom. The molecule has 1 aromatic rings. The number of unbranched alkanes of at least 4 members (excludes halogenated alkanes) is 4. The molecular formula is C15H24O2. The molecule has 0 unspecified atom stereocenters. The molecule has 0 heterocycles. The third-order valence-electron chi connectivity index (χ3n) is 3.11. The second-order valence-corrected chi connectivity index (χ2v) is 4.63. The van der Waals surface area contributed by atoms with Gasteiger partial charge in [0, 0.05) is 0 Å². The van der Waals surface area contributed by atoms with Gasteiger partial charge in [0.05, 0.1) is 6.10 Å². The zero-order chi connectivity index (χ0) is 12.5. The highest BCUT2D eigenvalue weighted by Crippen LogP contribution is 2.20. The molecule has 17 heavy (non-hydrogen) atoms. The molecular weight excluding hydrogens is 212 g/mol. The minimum atomic E-state index is -0.748. The fourth-order valence-electron chi connectivity index (χ4n) is 1.99. The Balaban J connectivity index is 2.25. The van der Waals surface area contributed by atoms with Crippen molar-refractivity contribution in [2.75, 3.05) is 0 Å². The smallest absolute Gasteiger partial charge is 0.105 e. The molecule has 0 fully saturated rings. The van der Waals surface area contributed by atoms with Crippen LogP contribution in [0.1, 0.15) is 57.1 Å². The molecule has 0 aliphatic rings. The van der Waals surface area contributed by atoms with E-state index < -0.39 is 12.2 Å². The summed E-state index contributed by atoms with van der Waals surface area (Å²) in [4.78, 5) is 0. The topological polar surface area (TPSA) is 40.5 Å². The van der Waals surface area contributed by atoms with E-state index >= 15 is 0 Å². The molecule has 1 rings (SSSR count). The first-order valence-corrected chi connectivity index (χ1v) is 6.66. The van der Waals surface area contributed by atoms with Crippen molar-refractivity contribution in [3.05, 3.63) is 35.9 Å². The van der Waals surface area contributed by atoms with Crippen LogP contribution in [0.5, 0.6) is 0 Å². The number of aliphatic hydroxyl groups is 2. The zero-order valence-electron chi connectivity index (χ0n) is 10.7. The van der Waals surface area contributed by atoms with Crippen molar-refractivity contribution in [1.29, 1.82) is 0 Å². The van der Waals surface area contributed by atoms with Crippen molar-refractivity contribution in [1.82, 2.24) is 0 Å². The van der Waals surface area contributed by atoms with E-state index in [1.165, 1.54) is 19.3 Å². The van der Waals surface area contributed by atoms with Crippen LogP contribution in [0.4, 0.5) is 0 Å². The van der Waals surface area contributed by atoms with E-state index in [-0.39, 0.29) is 0 Å². The second kappa shape index (κ2) is 8.26. The zero-order valence-corrected chi connectivity index (χ0v) is 10.7. The third kappa shape index (κ3) is 5.33. The van der Waals surface area contributed by atoms with Gasteiger partial charge >= 0.3 is 0 Å². The summed E-state index contributed by atoms with van der Waals surface area (Å²) in [5.41, 5.74) is 0.800. The summed E-state index contributed by atoms with van der Waals surface area (Å²) in [5.74, 6) is 0. The molecule has 0 saturated heterocycles. The van der Waals surface area contributed by atoms with Crippen molar-refractivity contribution < 1.29 is 10.2 Å². The third-order valence-corrected chi connectivity index (χ3v) is 3.11. The highest BCUT2D eigenvalue weighted by molar-refractivity contribution is 5.18. The van der Waals surface area contributed by atoms with E-state index in [1.54, 1.807) is 0 Å². The Kier molecular flexibility index (Phi) is 6.90. The molecule has 0 saturated carbocycles. The Hall–Kier alpha value is -0.860. The molecule has 96 valence electrons. The fraction of sp³-hybridized carbons (Fsp3) is 0.600. The van der Waals surface area contributed by atoms with Gasteiger partial charge in [0.25, 0.3) is 0 Å². The monoisotopic (exact) mass is 236 g/mol. The lowest BCUT2D eigenvalue weighted by molar-refractivity contribution is 0.0120. The van der Waals surface area contributed by atoms with Crippen molar-refractivity contribution in [3.8, 4) is 0 Å². The minimum Gasteiger partial charge on any atom is -0.390 e. The van der Waals surface area contributed by atoms with Crippen LogP contribution in [-0.4, -0.2) is 16.3 Å². The van der Waals surface area contributed by atoms with E-state index in [1.807, 2.05) is 30.3 Å². The first-order chi connectivity index (χ1) is 8.25. The van der Waals surface area contributed by atoms with Crippen LogP contribution in [0.3, 0.4) is 0 Å². The van der Waals surface area contributed by atoms with Gasteiger partial charge in [-0.15, -0.1) is 0 Å². The van der Waals surface area contributed by atoms with Gasteiger partial charge in [-0.2, -0.15) is 0 Å². The molecule has 2 heteroatoms. The average Bonchev–Trinajstić information content (AvgIpc) is 2.38. The lowest BCUT2D eigenvalue weighted by Gasteiger charge is -2.18. The van der Waals surface area contributed by atoms with Gasteiger partial charge in [0.15, 0.2) is 0 Å². The summed E-state index contributed by atoms with van der Waals surface area (Å²) in [5, 5.41) is 19.8. The Bertz CT molecular complexity index is 284. The first kappa shape index (κ1) is 14.2. The van der Waals surface area contributed by atoms with Crippen LogP contribution in [0.15, 0.2) is 30.3 Å². The molecule has 0 aromatic heterocycles. The normalized spacial score (nSPS) is 14.5. The van der Waals surface area contributed by atoms with Crippen molar-refractivity contribution in [2.24, 2.45) is 0 Å². The maximum atomic E-state index is 9.94. The fourth-order valence-corrected chi connectivity index (χ4v) is 1.99. The Morgan fingerprint density at radius 1 is 0.941 bits per heavy atom. The molecule has 0 aliphatic carbocycles. The van der Waals surface area contributed by atoms with E-state index in [9.17, 15) is 10.2 Å². The summed E-state index contributed by atoms with van der Waals surface area (Å²) < 4.78 is 0. The quantitative estimate of drug-likeness (QED) is 0.679. The lowest BCUT2D eigenvalue weighted by Crippen LogP contribution is -2.17. The number of aliphatic hydroxyl groups excluding tert-OH is 2. The molecule has 2 atom stereocenters.